The van der Waals surface area contributed by atoms with Crippen LogP contribution in [0.4, 0.5) is 0 Å². The number of nitrogens with two attached hydrogens (primary N) is 1. The Hall–Kier alpha value is -3.00. The first-order valence-electron chi connectivity index (χ1n) is 8.82. The second kappa shape index (κ2) is 8.79. The van der Waals surface area contributed by atoms with Crippen LogP contribution in [0, 0.1) is 6.92 Å². The van der Waals surface area contributed by atoms with Gasteiger partial charge in [0, 0.05) is 12.1 Å². The van der Waals surface area contributed by atoms with Gasteiger partial charge in [0.25, 0.3) is 0 Å². The first-order chi connectivity index (χ1) is 13.5. The third-order valence-electron chi connectivity index (χ3n) is 4.25. The topological polar surface area (TPSA) is 95.1 Å². The fourth-order valence-electron chi connectivity index (χ4n) is 2.54. The summed E-state index contributed by atoms with van der Waals surface area (Å²) in [7, 11) is 1.61. The van der Waals surface area contributed by atoms with Crippen LogP contribution in [0.25, 0.3) is 11.4 Å². The fourth-order valence-corrected chi connectivity index (χ4v) is 3.34. The van der Waals surface area contributed by atoms with Crippen molar-refractivity contribution in [3.8, 4) is 17.1 Å². The average Bonchev–Trinajstić information content (AvgIpc) is 3.07. The molecule has 3 N–H and O–H groups in total. The van der Waals surface area contributed by atoms with Crippen molar-refractivity contribution >= 4 is 17.7 Å². The van der Waals surface area contributed by atoms with Crippen LogP contribution in [-0.4, -0.2) is 33.1 Å². The van der Waals surface area contributed by atoms with Crippen molar-refractivity contribution in [3.05, 3.63) is 59.7 Å². The number of carbonyl (C=O) groups excluding carboxylic acids is 1. The molecule has 0 aliphatic heterocycles. The fraction of sp³-hybridized carbons (Fsp3) is 0.250. The molecule has 3 rings (SSSR count). The highest BCUT2D eigenvalue weighted by Crippen LogP contribution is 2.26. The van der Waals surface area contributed by atoms with Crippen molar-refractivity contribution in [2.45, 2.75) is 30.8 Å². The molecule has 0 bridgehead atoms. The Bertz CT molecular complexity index is 938. The smallest absolute Gasteiger partial charge is 0.233 e. The Morgan fingerprint density at radius 1 is 1.18 bits per heavy atom. The summed E-state index contributed by atoms with van der Waals surface area (Å²) in [4.78, 5) is 12.4. The Kier molecular flexibility index (Phi) is 6.20. The molecule has 0 radical (unpaired) electrons. The minimum absolute atomic E-state index is 0.0837. The van der Waals surface area contributed by atoms with Crippen LogP contribution in [0.5, 0.6) is 5.75 Å². The molecule has 1 aromatic heterocycles. The maximum Gasteiger partial charge on any atom is 0.233 e. The number of methoxy groups -OCH3 is 1. The summed E-state index contributed by atoms with van der Waals surface area (Å²) in [6, 6.07) is 15.4. The van der Waals surface area contributed by atoms with E-state index in [0.29, 0.717) is 17.5 Å². The monoisotopic (exact) mass is 397 g/mol. The Morgan fingerprint density at radius 3 is 2.50 bits per heavy atom. The van der Waals surface area contributed by atoms with E-state index in [1.807, 2.05) is 62.4 Å². The van der Waals surface area contributed by atoms with E-state index in [1.165, 1.54) is 22.0 Å². The van der Waals surface area contributed by atoms with Gasteiger partial charge in [-0.2, -0.15) is 0 Å². The Labute approximate surface area is 168 Å². The van der Waals surface area contributed by atoms with Crippen LogP contribution in [-0.2, 0) is 11.3 Å². The zero-order chi connectivity index (χ0) is 20.1. The highest BCUT2D eigenvalue weighted by Gasteiger charge is 2.19. The third kappa shape index (κ3) is 4.64. The molecule has 0 spiro atoms. The van der Waals surface area contributed by atoms with Crippen molar-refractivity contribution in [2.24, 2.45) is 0 Å². The van der Waals surface area contributed by atoms with Gasteiger partial charge in [0.1, 0.15) is 5.75 Å². The van der Waals surface area contributed by atoms with Crippen LogP contribution in [0.2, 0.25) is 0 Å². The van der Waals surface area contributed by atoms with Crippen LogP contribution >= 0.6 is 11.8 Å². The van der Waals surface area contributed by atoms with E-state index in [-0.39, 0.29) is 11.2 Å². The van der Waals surface area contributed by atoms with Crippen LogP contribution < -0.4 is 15.9 Å². The average molecular weight is 398 g/mol. The number of rotatable bonds is 7. The molecular formula is C20H23N5O2S. The number of nitrogens with one attached hydrogen (secondary N) is 1. The molecule has 1 atom stereocenters. The minimum atomic E-state index is -0.360. The summed E-state index contributed by atoms with van der Waals surface area (Å²) in [6.07, 6.45) is 0. The zero-order valence-electron chi connectivity index (χ0n) is 16.0. The number of ether oxygens (including phenoxy) is 1. The van der Waals surface area contributed by atoms with Crippen molar-refractivity contribution in [1.82, 2.24) is 20.2 Å². The van der Waals surface area contributed by atoms with Crippen molar-refractivity contribution in [2.75, 3.05) is 13.0 Å². The molecule has 0 saturated heterocycles. The minimum Gasteiger partial charge on any atom is -0.497 e. The van der Waals surface area contributed by atoms with Crippen molar-refractivity contribution in [3.63, 3.8) is 0 Å². The summed E-state index contributed by atoms with van der Waals surface area (Å²) >= 11 is 1.27. The van der Waals surface area contributed by atoms with Crippen LogP contribution in [0.1, 0.15) is 18.1 Å². The molecule has 146 valence electrons. The summed E-state index contributed by atoms with van der Waals surface area (Å²) in [5, 5.41) is 11.3. The molecule has 0 fully saturated rings. The van der Waals surface area contributed by atoms with E-state index in [2.05, 4.69) is 15.5 Å². The van der Waals surface area contributed by atoms with E-state index in [0.717, 1.165) is 16.9 Å². The highest BCUT2D eigenvalue weighted by atomic mass is 32.2. The van der Waals surface area contributed by atoms with E-state index in [4.69, 9.17) is 10.6 Å². The number of hydrogen-bond donors (Lipinski definition) is 2. The number of amides is 1. The number of hydrogen-bond acceptors (Lipinski definition) is 6. The Balaban J connectivity index is 1.61. The number of thioether (sulfide) groups is 1. The van der Waals surface area contributed by atoms with Crippen molar-refractivity contribution in [1.29, 1.82) is 0 Å². The van der Waals surface area contributed by atoms with E-state index >= 15 is 0 Å². The second-order valence-electron chi connectivity index (χ2n) is 6.37. The molecule has 8 heteroatoms. The maximum absolute atomic E-state index is 12.4. The lowest BCUT2D eigenvalue weighted by atomic mass is 10.1. The lowest BCUT2D eigenvalue weighted by Gasteiger charge is -2.12. The molecule has 0 saturated carbocycles. The highest BCUT2D eigenvalue weighted by molar-refractivity contribution is 8.00. The first-order valence-corrected chi connectivity index (χ1v) is 9.70. The molecular weight excluding hydrogens is 374 g/mol. The van der Waals surface area contributed by atoms with Gasteiger partial charge in [-0.15, -0.1) is 10.2 Å². The third-order valence-corrected chi connectivity index (χ3v) is 5.31. The molecule has 1 amide bonds. The molecule has 1 unspecified atom stereocenters. The van der Waals surface area contributed by atoms with Crippen LogP contribution in [0.15, 0.2) is 53.7 Å². The number of nitrogens with zero attached hydrogens (tertiary/aromatic N) is 3. The summed E-state index contributed by atoms with van der Waals surface area (Å²) < 4.78 is 6.56. The predicted molar refractivity (Wildman–Crippen MR) is 111 cm³/mol. The van der Waals surface area contributed by atoms with Gasteiger partial charge < -0.3 is 15.9 Å². The lowest BCUT2D eigenvalue weighted by molar-refractivity contribution is -0.120. The quantitative estimate of drug-likeness (QED) is 0.470. The van der Waals surface area contributed by atoms with Gasteiger partial charge in [-0.3, -0.25) is 4.79 Å². The number of benzene rings is 2. The molecule has 7 nitrogen and oxygen atoms in total. The number of aryl methyl sites for hydroxylation is 1. The molecule has 0 aliphatic carbocycles. The molecule has 0 aliphatic rings. The SMILES string of the molecule is COc1ccc(-c2nnc(SC(C)C(=O)NCc3ccc(C)cc3)n2N)cc1. The molecule has 28 heavy (non-hydrogen) atoms. The molecule has 1 heterocycles. The second-order valence-corrected chi connectivity index (χ2v) is 7.68. The molecule has 3 aromatic rings. The van der Waals surface area contributed by atoms with Crippen molar-refractivity contribution < 1.29 is 9.53 Å². The summed E-state index contributed by atoms with van der Waals surface area (Å²) in [5.74, 6) is 7.33. The van der Waals surface area contributed by atoms with Gasteiger partial charge in [0.15, 0.2) is 5.82 Å². The van der Waals surface area contributed by atoms with Gasteiger partial charge in [0.05, 0.1) is 12.4 Å². The standard InChI is InChI=1S/C20H23N5O2S/c1-13-4-6-15(7-5-13)12-22-19(26)14(2)28-20-24-23-18(25(20)21)16-8-10-17(27-3)11-9-16/h4-11,14H,12,21H2,1-3H3,(H,22,26). The Morgan fingerprint density at radius 2 is 1.86 bits per heavy atom. The molecule has 2 aromatic carbocycles. The van der Waals surface area contributed by atoms with Crippen LogP contribution in [0.3, 0.4) is 0 Å². The first kappa shape index (κ1) is 19.8. The summed E-state index contributed by atoms with van der Waals surface area (Å²) in [6.45, 7) is 4.33. The van der Waals surface area contributed by atoms with Gasteiger partial charge >= 0.3 is 0 Å². The normalized spacial score (nSPS) is 11.8. The largest absolute Gasteiger partial charge is 0.497 e. The van der Waals surface area contributed by atoms with Gasteiger partial charge in [0.2, 0.25) is 11.1 Å². The van der Waals surface area contributed by atoms with E-state index in [9.17, 15) is 4.79 Å². The van der Waals surface area contributed by atoms with E-state index in [1.54, 1.807) is 7.11 Å². The van der Waals surface area contributed by atoms with E-state index < -0.39 is 0 Å². The predicted octanol–water partition coefficient (Wildman–Crippen LogP) is 2.77. The lowest BCUT2D eigenvalue weighted by Crippen LogP contribution is -2.30. The number of aromatic nitrogens is 3. The van der Waals surface area contributed by atoms with Gasteiger partial charge in [-0.1, -0.05) is 41.6 Å². The number of carbonyl (C=O) groups is 1. The zero-order valence-corrected chi connectivity index (χ0v) is 16.9. The maximum atomic E-state index is 12.4. The van der Waals surface area contributed by atoms with Gasteiger partial charge in [-0.05, 0) is 43.7 Å². The number of nitrogen functional groups attached to an aromatic ring is 1. The summed E-state index contributed by atoms with van der Waals surface area (Å²) in [5.41, 5.74) is 3.06. The van der Waals surface area contributed by atoms with Gasteiger partial charge in [-0.25, -0.2) is 4.68 Å².